The Morgan fingerprint density at radius 2 is 1.65 bits per heavy atom. The van der Waals surface area contributed by atoms with Crippen LogP contribution in [0.1, 0.15) is 56.5 Å². The third kappa shape index (κ3) is 4.18. The Morgan fingerprint density at radius 3 is 2.09 bits per heavy atom. The number of carbonyl (C=O) groups is 3. The summed E-state index contributed by atoms with van der Waals surface area (Å²) in [5.74, 6) is -0.666. The molecule has 124 valence electrons. The molecule has 1 aromatic carbocycles. The largest absolute Gasteiger partial charge is 0.343 e. The van der Waals surface area contributed by atoms with Crippen LogP contribution in [0, 0.1) is 0 Å². The lowest BCUT2D eigenvalue weighted by molar-refractivity contribution is -0.127. The predicted octanol–water partition coefficient (Wildman–Crippen LogP) is 1.95. The maximum atomic E-state index is 12.1. The van der Waals surface area contributed by atoms with E-state index in [4.69, 9.17) is 0 Å². The molecule has 0 aliphatic heterocycles. The number of hydrogen-bond donors (Lipinski definition) is 2. The van der Waals surface area contributed by atoms with E-state index in [2.05, 4.69) is 31.4 Å². The van der Waals surface area contributed by atoms with Gasteiger partial charge in [-0.2, -0.15) is 0 Å². The van der Waals surface area contributed by atoms with Crippen LogP contribution < -0.4 is 10.6 Å². The highest BCUT2D eigenvalue weighted by Gasteiger charge is 2.48. The number of benzene rings is 1. The second kappa shape index (κ2) is 6.14. The zero-order valence-corrected chi connectivity index (χ0v) is 14.2. The van der Waals surface area contributed by atoms with E-state index in [0.29, 0.717) is 18.4 Å². The van der Waals surface area contributed by atoms with Crippen molar-refractivity contribution in [3.63, 3.8) is 0 Å². The minimum absolute atomic E-state index is 0.0279. The maximum Gasteiger partial charge on any atom is 0.251 e. The molecule has 2 N–H and O–H groups in total. The van der Waals surface area contributed by atoms with Gasteiger partial charge in [0.1, 0.15) is 0 Å². The van der Waals surface area contributed by atoms with Crippen LogP contribution in [0.3, 0.4) is 0 Å². The van der Waals surface area contributed by atoms with Crippen LogP contribution in [-0.2, 0) is 15.0 Å². The average molecular weight is 316 g/mol. The minimum Gasteiger partial charge on any atom is -0.343 e. The van der Waals surface area contributed by atoms with Crippen molar-refractivity contribution in [3.05, 3.63) is 35.4 Å². The summed E-state index contributed by atoms with van der Waals surface area (Å²) in [6.07, 6.45) is 1.35. The summed E-state index contributed by atoms with van der Waals surface area (Å²) in [7, 11) is 0. The summed E-state index contributed by atoms with van der Waals surface area (Å²) in [6.45, 7) is 7.66. The van der Waals surface area contributed by atoms with E-state index in [1.807, 2.05) is 12.1 Å². The van der Waals surface area contributed by atoms with Crippen LogP contribution in [0.25, 0.3) is 0 Å². The van der Waals surface area contributed by atoms with Gasteiger partial charge in [0.15, 0.2) is 5.78 Å². The van der Waals surface area contributed by atoms with Gasteiger partial charge in [-0.05, 0) is 42.9 Å². The first kappa shape index (κ1) is 17.2. The van der Waals surface area contributed by atoms with Gasteiger partial charge in [-0.3, -0.25) is 14.4 Å². The number of carbonyl (C=O) groups excluding carboxylic acids is 3. The summed E-state index contributed by atoms with van der Waals surface area (Å²) in [5, 5.41) is 5.28. The molecule has 0 aromatic heterocycles. The van der Waals surface area contributed by atoms with Gasteiger partial charge in [0.25, 0.3) is 5.91 Å². The second-order valence-electron chi connectivity index (χ2n) is 7.20. The smallest absolute Gasteiger partial charge is 0.251 e. The number of nitrogens with one attached hydrogen (secondary N) is 2. The van der Waals surface area contributed by atoms with Crippen LogP contribution in [0.2, 0.25) is 0 Å². The zero-order valence-electron chi connectivity index (χ0n) is 14.2. The van der Waals surface area contributed by atoms with E-state index < -0.39 is 5.54 Å². The summed E-state index contributed by atoms with van der Waals surface area (Å²) >= 11 is 0. The lowest BCUT2D eigenvalue weighted by Gasteiger charge is -2.19. The maximum absolute atomic E-state index is 12.1. The molecule has 0 unspecified atom stereocenters. The fourth-order valence-electron chi connectivity index (χ4n) is 2.39. The molecule has 2 amide bonds. The van der Waals surface area contributed by atoms with E-state index in [9.17, 15) is 14.4 Å². The van der Waals surface area contributed by atoms with Gasteiger partial charge in [-0.25, -0.2) is 0 Å². The Morgan fingerprint density at radius 1 is 1.09 bits per heavy atom. The standard InChI is InChI=1S/C18H24N2O3/c1-12(21)18(9-10-18)20-15(22)11-19-16(23)13-5-7-14(8-6-13)17(2,3)4/h5-8H,9-11H2,1-4H3,(H,19,23)(H,20,22). The molecule has 1 aromatic rings. The summed E-state index contributed by atoms with van der Waals surface area (Å²) in [5.41, 5.74) is 0.999. The number of ketones is 1. The Balaban J connectivity index is 1.87. The minimum atomic E-state index is -0.684. The number of hydrogen-bond acceptors (Lipinski definition) is 3. The molecule has 0 saturated heterocycles. The first-order chi connectivity index (χ1) is 10.6. The average Bonchev–Trinajstić information content (AvgIpc) is 3.25. The van der Waals surface area contributed by atoms with Crippen LogP contribution in [0.4, 0.5) is 0 Å². The first-order valence-electron chi connectivity index (χ1n) is 7.85. The molecule has 1 saturated carbocycles. The highest BCUT2D eigenvalue weighted by molar-refractivity contribution is 5.98. The molecule has 5 heteroatoms. The van der Waals surface area contributed by atoms with Crippen molar-refractivity contribution in [2.24, 2.45) is 0 Å². The van der Waals surface area contributed by atoms with Crippen molar-refractivity contribution in [2.75, 3.05) is 6.54 Å². The molecule has 0 atom stereocenters. The number of amides is 2. The molecule has 2 rings (SSSR count). The summed E-state index contributed by atoms with van der Waals surface area (Å²) in [4.78, 5) is 35.3. The molecule has 1 aliphatic rings. The fraction of sp³-hybridized carbons (Fsp3) is 0.500. The van der Waals surface area contributed by atoms with Gasteiger partial charge in [-0.15, -0.1) is 0 Å². The van der Waals surface area contributed by atoms with Crippen LogP contribution in [0.15, 0.2) is 24.3 Å². The highest BCUT2D eigenvalue weighted by Crippen LogP contribution is 2.35. The Kier molecular flexibility index (Phi) is 4.59. The zero-order chi connectivity index (χ0) is 17.3. The lowest BCUT2D eigenvalue weighted by atomic mass is 9.87. The monoisotopic (exact) mass is 316 g/mol. The normalized spacial score (nSPS) is 15.7. The molecule has 5 nitrogen and oxygen atoms in total. The summed E-state index contributed by atoms with van der Waals surface area (Å²) < 4.78 is 0. The number of rotatable bonds is 5. The van der Waals surface area contributed by atoms with Crippen molar-refractivity contribution in [3.8, 4) is 0 Å². The Hall–Kier alpha value is -2.17. The second-order valence-corrected chi connectivity index (χ2v) is 7.20. The van der Waals surface area contributed by atoms with E-state index in [1.165, 1.54) is 6.92 Å². The third-order valence-corrected chi connectivity index (χ3v) is 4.23. The third-order valence-electron chi connectivity index (χ3n) is 4.23. The Bertz CT molecular complexity index is 623. The molecule has 0 bridgehead atoms. The van der Waals surface area contributed by atoms with Gasteiger partial charge in [0.05, 0.1) is 12.1 Å². The summed E-state index contributed by atoms with van der Waals surface area (Å²) in [6, 6.07) is 7.35. The molecule has 0 heterocycles. The molecule has 0 spiro atoms. The highest BCUT2D eigenvalue weighted by atomic mass is 16.2. The molecular formula is C18H24N2O3. The van der Waals surface area contributed by atoms with Gasteiger partial charge in [0, 0.05) is 5.56 Å². The molecule has 0 radical (unpaired) electrons. The molecule has 1 fully saturated rings. The molecule has 23 heavy (non-hydrogen) atoms. The van der Waals surface area contributed by atoms with E-state index in [0.717, 1.165) is 5.56 Å². The Labute approximate surface area is 136 Å². The van der Waals surface area contributed by atoms with Gasteiger partial charge in [0.2, 0.25) is 5.91 Å². The van der Waals surface area contributed by atoms with E-state index in [1.54, 1.807) is 12.1 Å². The SMILES string of the molecule is CC(=O)C1(NC(=O)CNC(=O)c2ccc(C(C)(C)C)cc2)CC1. The van der Waals surface area contributed by atoms with Crippen LogP contribution >= 0.6 is 0 Å². The van der Waals surface area contributed by atoms with Crippen molar-refractivity contribution < 1.29 is 14.4 Å². The quantitative estimate of drug-likeness (QED) is 0.872. The lowest BCUT2D eigenvalue weighted by Crippen LogP contribution is -2.46. The van der Waals surface area contributed by atoms with Crippen LogP contribution in [0.5, 0.6) is 0 Å². The predicted molar refractivity (Wildman–Crippen MR) is 88.3 cm³/mol. The van der Waals surface area contributed by atoms with Crippen molar-refractivity contribution in [2.45, 2.75) is 51.5 Å². The topological polar surface area (TPSA) is 75.3 Å². The van der Waals surface area contributed by atoms with E-state index in [-0.39, 0.29) is 29.6 Å². The van der Waals surface area contributed by atoms with Gasteiger partial charge in [-0.1, -0.05) is 32.9 Å². The van der Waals surface area contributed by atoms with E-state index >= 15 is 0 Å². The van der Waals surface area contributed by atoms with Crippen molar-refractivity contribution in [1.29, 1.82) is 0 Å². The number of Topliss-reactive ketones (excluding diaryl/α,β-unsaturated/α-hetero) is 1. The van der Waals surface area contributed by atoms with Gasteiger partial charge >= 0.3 is 0 Å². The van der Waals surface area contributed by atoms with Crippen molar-refractivity contribution >= 4 is 17.6 Å². The van der Waals surface area contributed by atoms with Gasteiger partial charge < -0.3 is 10.6 Å². The van der Waals surface area contributed by atoms with Crippen molar-refractivity contribution in [1.82, 2.24) is 10.6 Å². The fourth-order valence-corrected chi connectivity index (χ4v) is 2.39. The first-order valence-corrected chi connectivity index (χ1v) is 7.85. The molecular weight excluding hydrogens is 292 g/mol. The van der Waals surface area contributed by atoms with Crippen LogP contribution in [-0.4, -0.2) is 29.7 Å². The molecule has 1 aliphatic carbocycles.